The molecule has 0 radical (unpaired) electrons. The van der Waals surface area contributed by atoms with Crippen molar-refractivity contribution in [2.45, 2.75) is 167 Å². The Balaban J connectivity index is 1.83. The van der Waals surface area contributed by atoms with Gasteiger partial charge in [0.25, 0.3) is 0 Å². The van der Waals surface area contributed by atoms with Crippen LogP contribution in [0.4, 0.5) is 0 Å². The third kappa shape index (κ3) is 36.0. The molecule has 1 rings (SSSR count). The third-order valence-electron chi connectivity index (χ3n) is 10.6. The number of rotatable bonds is 46. The van der Waals surface area contributed by atoms with Crippen molar-refractivity contribution in [2.24, 2.45) is 11.7 Å². The summed E-state index contributed by atoms with van der Waals surface area (Å²) in [5.74, 6) is -1.15. The van der Waals surface area contributed by atoms with E-state index in [4.69, 9.17) is 29.8 Å². The second-order valence-corrected chi connectivity index (χ2v) is 16.2. The van der Waals surface area contributed by atoms with Gasteiger partial charge in [0, 0.05) is 69.6 Å². The second kappa shape index (κ2) is 40.2. The van der Waals surface area contributed by atoms with Crippen LogP contribution in [0.1, 0.15) is 160 Å². The van der Waals surface area contributed by atoms with Crippen LogP contribution in [-0.4, -0.2) is 122 Å². The first-order valence-electron chi connectivity index (χ1n) is 23.4. The molecule has 1 aromatic heterocycles. The molecule has 0 aliphatic heterocycles. The van der Waals surface area contributed by atoms with Gasteiger partial charge in [-0.2, -0.15) is 0 Å². The number of carboxylic acids is 1. The number of carbonyl (C=O) groups is 6. The number of hydrogen-bond acceptors (Lipinski definition) is 12. The van der Waals surface area contributed by atoms with E-state index in [1.165, 1.54) is 64.7 Å². The number of ether oxygens (including phenoxy) is 4. The lowest BCUT2D eigenvalue weighted by Gasteiger charge is -2.15. The van der Waals surface area contributed by atoms with Gasteiger partial charge in [-0.25, -0.2) is 4.98 Å². The minimum Gasteiger partial charge on any atom is -0.481 e. The van der Waals surface area contributed by atoms with Crippen molar-refractivity contribution in [1.82, 2.24) is 20.6 Å². The zero-order valence-corrected chi connectivity index (χ0v) is 37.9. The van der Waals surface area contributed by atoms with E-state index in [0.29, 0.717) is 84.3 Å². The third-order valence-corrected chi connectivity index (χ3v) is 10.6. The number of carboxylic acid groups (broad SMARTS) is 1. The van der Waals surface area contributed by atoms with Crippen molar-refractivity contribution < 1.29 is 52.8 Å². The molecule has 0 unspecified atom stereocenters. The molecule has 0 saturated carbocycles. The minimum atomic E-state index is -0.693. The van der Waals surface area contributed by atoms with Crippen LogP contribution in [0.5, 0.6) is 0 Å². The summed E-state index contributed by atoms with van der Waals surface area (Å²) in [7, 11) is 0. The highest BCUT2D eigenvalue weighted by Crippen LogP contribution is 2.18. The number of amides is 2. The molecule has 0 aromatic carbocycles. The number of aliphatic carboxylic acids is 1. The summed E-state index contributed by atoms with van der Waals surface area (Å²) in [6, 6.07) is -0.632. The van der Waals surface area contributed by atoms with Gasteiger partial charge >= 0.3 is 5.97 Å². The monoisotopic (exact) mass is 880 g/mol. The molecule has 0 aliphatic carbocycles. The van der Waals surface area contributed by atoms with E-state index in [-0.39, 0.29) is 74.5 Å². The second-order valence-electron chi connectivity index (χ2n) is 16.2. The number of carbonyl (C=O) groups excluding carboxylic acids is 5. The fourth-order valence-corrected chi connectivity index (χ4v) is 6.89. The number of Topliss-reactive ketones (excluding diaryl/α,β-unsaturated/α-hetero) is 3. The van der Waals surface area contributed by atoms with Crippen LogP contribution in [-0.2, 0) is 54.1 Å². The number of nitrogens with zero attached hydrogens (tertiary/aromatic N) is 1. The highest BCUT2D eigenvalue weighted by atomic mass is 16.5. The molecule has 1 heterocycles. The number of H-pyrrole nitrogens is 1. The average molecular weight is 880 g/mol. The SMILES string of the molecule is CC(=O)[C@H](CCCCNC(=O)COCCOCCNC(=O)COCCOCCCC(=O)CCCCCCCCCCCCCCCCC(=O)O)CCC(=O)[C@@H](N)Cc1cnc[nH]1. The zero-order chi connectivity index (χ0) is 45.3. The summed E-state index contributed by atoms with van der Waals surface area (Å²) in [5, 5.41) is 14.2. The molecule has 0 bridgehead atoms. The molecule has 0 spiro atoms. The maximum absolute atomic E-state index is 12.4. The molecule has 16 heteroatoms. The summed E-state index contributed by atoms with van der Waals surface area (Å²) < 4.78 is 21.7. The van der Waals surface area contributed by atoms with Gasteiger partial charge in [0.15, 0.2) is 0 Å². The molecule has 0 fully saturated rings. The first-order valence-corrected chi connectivity index (χ1v) is 23.4. The number of unbranched alkanes of at least 4 members (excludes halogenated alkanes) is 14. The predicted octanol–water partition coefficient (Wildman–Crippen LogP) is 5.98. The number of nitrogens with two attached hydrogens (primary N) is 1. The summed E-state index contributed by atoms with van der Waals surface area (Å²) in [6.45, 7) is 4.07. The van der Waals surface area contributed by atoms with Crippen LogP contribution in [0.2, 0.25) is 0 Å². The highest BCUT2D eigenvalue weighted by Gasteiger charge is 2.20. The average Bonchev–Trinajstić information content (AvgIpc) is 3.76. The largest absolute Gasteiger partial charge is 0.481 e. The molecule has 16 nitrogen and oxygen atoms in total. The molecule has 1 aromatic rings. The number of nitrogens with one attached hydrogen (secondary N) is 3. The fourth-order valence-electron chi connectivity index (χ4n) is 6.89. The van der Waals surface area contributed by atoms with Crippen LogP contribution in [0, 0.1) is 5.92 Å². The van der Waals surface area contributed by atoms with E-state index < -0.39 is 12.0 Å². The van der Waals surface area contributed by atoms with Gasteiger partial charge in [0.2, 0.25) is 11.8 Å². The Labute approximate surface area is 370 Å². The van der Waals surface area contributed by atoms with Crippen molar-refractivity contribution in [2.75, 3.05) is 65.9 Å². The first kappa shape index (κ1) is 56.4. The van der Waals surface area contributed by atoms with Gasteiger partial charge in [-0.1, -0.05) is 83.5 Å². The van der Waals surface area contributed by atoms with Gasteiger partial charge in [0.1, 0.15) is 30.6 Å². The minimum absolute atomic E-state index is 0.0461. The van der Waals surface area contributed by atoms with E-state index in [2.05, 4.69) is 20.6 Å². The summed E-state index contributed by atoms with van der Waals surface area (Å²) >= 11 is 0. The van der Waals surface area contributed by atoms with E-state index in [1.807, 2.05) is 0 Å². The Morgan fingerprint density at radius 1 is 0.613 bits per heavy atom. The number of hydrogen-bond donors (Lipinski definition) is 5. The van der Waals surface area contributed by atoms with Crippen LogP contribution >= 0.6 is 0 Å². The molecule has 356 valence electrons. The summed E-state index contributed by atoms with van der Waals surface area (Å²) in [4.78, 5) is 78.1. The van der Waals surface area contributed by atoms with Gasteiger partial charge in [-0.15, -0.1) is 0 Å². The van der Waals surface area contributed by atoms with Gasteiger partial charge in [0.05, 0.1) is 45.4 Å². The Kier molecular flexibility index (Phi) is 36.6. The van der Waals surface area contributed by atoms with Crippen LogP contribution < -0.4 is 16.4 Å². The summed E-state index contributed by atoms with van der Waals surface area (Å²) in [6.07, 6.45) is 24.9. The van der Waals surface area contributed by atoms with Crippen LogP contribution in [0.3, 0.4) is 0 Å². The number of aromatic nitrogens is 2. The molecule has 0 saturated heterocycles. The number of imidazole rings is 1. The lowest BCUT2D eigenvalue weighted by atomic mass is 9.90. The number of ketones is 3. The van der Waals surface area contributed by atoms with Crippen molar-refractivity contribution in [3.63, 3.8) is 0 Å². The molecule has 62 heavy (non-hydrogen) atoms. The molecule has 0 aliphatic rings. The van der Waals surface area contributed by atoms with E-state index in [0.717, 1.165) is 44.2 Å². The van der Waals surface area contributed by atoms with Crippen molar-refractivity contribution in [3.8, 4) is 0 Å². The quantitative estimate of drug-likeness (QED) is 0.0475. The zero-order valence-electron chi connectivity index (χ0n) is 37.9. The van der Waals surface area contributed by atoms with Gasteiger partial charge < -0.3 is 45.4 Å². The molecular formula is C46H81N5O11. The lowest BCUT2D eigenvalue weighted by molar-refractivity contribution is -0.137. The molecule has 2 amide bonds. The van der Waals surface area contributed by atoms with Crippen molar-refractivity contribution in [3.05, 3.63) is 18.2 Å². The van der Waals surface area contributed by atoms with E-state index in [9.17, 15) is 28.8 Å². The summed E-state index contributed by atoms with van der Waals surface area (Å²) in [5.41, 5.74) is 6.81. The van der Waals surface area contributed by atoms with Crippen LogP contribution in [0.25, 0.3) is 0 Å². The topological polar surface area (TPSA) is 238 Å². The smallest absolute Gasteiger partial charge is 0.303 e. The van der Waals surface area contributed by atoms with E-state index >= 15 is 0 Å². The molecule has 6 N–H and O–H groups in total. The predicted molar refractivity (Wildman–Crippen MR) is 238 cm³/mol. The van der Waals surface area contributed by atoms with Gasteiger partial charge in [-0.3, -0.25) is 28.8 Å². The maximum atomic E-state index is 12.4. The molecular weight excluding hydrogens is 799 g/mol. The Bertz CT molecular complexity index is 1310. The molecule has 2 atom stereocenters. The Hall–Kier alpha value is -3.57. The first-order chi connectivity index (χ1) is 30.1. The fraction of sp³-hybridized carbons (Fsp3) is 0.804. The van der Waals surface area contributed by atoms with Crippen molar-refractivity contribution >= 4 is 35.1 Å². The van der Waals surface area contributed by atoms with Gasteiger partial charge in [-0.05, 0) is 45.4 Å². The van der Waals surface area contributed by atoms with Crippen LogP contribution in [0.15, 0.2) is 12.5 Å². The van der Waals surface area contributed by atoms with Crippen molar-refractivity contribution in [1.29, 1.82) is 0 Å². The lowest BCUT2D eigenvalue weighted by Crippen LogP contribution is -2.33. The Morgan fingerprint density at radius 3 is 1.68 bits per heavy atom. The van der Waals surface area contributed by atoms with E-state index in [1.54, 1.807) is 12.5 Å². The maximum Gasteiger partial charge on any atom is 0.303 e. The standard InChI is InChI=1S/C46H81N5O11/c1-38(52)39(23-24-43(54)42(47)33-40-34-48-37-51-40)19-16-17-25-49-44(55)35-62-32-30-60-28-26-50-45(56)36-61-31-29-59-27-18-21-41(53)20-14-12-10-8-6-4-2-3-5-7-9-11-13-15-22-46(57)58/h34,37,39,42H,2-33,35-36,47H2,1H3,(H,48,51)(H,49,55)(H,50,56)(H,57,58)/t39-,42+/m1/s1. The highest BCUT2D eigenvalue weighted by molar-refractivity contribution is 5.85. The number of aromatic amines is 1. The Morgan fingerprint density at radius 2 is 1.13 bits per heavy atom. The normalized spacial score (nSPS) is 12.2.